The average molecular weight is 433 g/mol. The van der Waals surface area contributed by atoms with Crippen LogP contribution in [0.1, 0.15) is 56.6 Å². The van der Waals surface area contributed by atoms with Crippen LogP contribution >= 0.6 is 11.3 Å². The molecule has 3 aromatic rings. The zero-order valence-corrected chi connectivity index (χ0v) is 19.0. The Balaban J connectivity index is 1.40. The predicted molar refractivity (Wildman–Crippen MR) is 125 cm³/mol. The van der Waals surface area contributed by atoms with Gasteiger partial charge < -0.3 is 9.80 Å². The summed E-state index contributed by atoms with van der Waals surface area (Å²) in [4.78, 5) is 27.9. The van der Waals surface area contributed by atoms with Crippen LogP contribution in [0.15, 0.2) is 41.8 Å². The Labute approximate surface area is 187 Å². The van der Waals surface area contributed by atoms with Gasteiger partial charge in [0.05, 0.1) is 4.88 Å². The first-order valence-corrected chi connectivity index (χ1v) is 12.0. The summed E-state index contributed by atoms with van der Waals surface area (Å²) in [6.07, 6.45) is 3.22. The summed E-state index contributed by atoms with van der Waals surface area (Å²) in [7, 11) is 0. The maximum absolute atomic E-state index is 12.7. The zero-order chi connectivity index (χ0) is 21.4. The van der Waals surface area contributed by atoms with Gasteiger partial charge in [0.25, 0.3) is 5.91 Å². The van der Waals surface area contributed by atoms with E-state index < -0.39 is 0 Å². The molecule has 5 rings (SSSR count). The smallest absolute Gasteiger partial charge is 0.264 e. The van der Waals surface area contributed by atoms with Gasteiger partial charge in [0.15, 0.2) is 0 Å². The number of thiophene rings is 1. The number of anilines is 1. The fraction of sp³-hybridized carbons (Fsp3) is 0.400. The van der Waals surface area contributed by atoms with Gasteiger partial charge in [-0.15, -0.1) is 11.3 Å². The van der Waals surface area contributed by atoms with Crippen LogP contribution in [0.25, 0.3) is 0 Å². The number of piperazine rings is 1. The molecular weight excluding hydrogens is 404 g/mol. The van der Waals surface area contributed by atoms with E-state index in [1.54, 1.807) is 0 Å². The molecule has 0 radical (unpaired) electrons. The molecule has 1 aliphatic carbocycles. The van der Waals surface area contributed by atoms with E-state index >= 15 is 0 Å². The molecule has 3 heterocycles. The van der Waals surface area contributed by atoms with Gasteiger partial charge in [-0.2, -0.15) is 0 Å². The standard InChI is InChI=1S/C25H28N4OS/c1-17-5-3-6-19(15-17)16-21-18(2)26-23(20-8-9-20)27-24(21)28-10-12-29(13-11-28)25(30)22-7-4-14-31-22/h3-7,14-15,20H,8-13,16H2,1-2H3. The van der Waals surface area contributed by atoms with Crippen LogP contribution in [0.4, 0.5) is 5.82 Å². The number of rotatable bonds is 5. The molecular formula is C25H28N4OS. The lowest BCUT2D eigenvalue weighted by atomic mass is 10.0. The third-order valence-corrected chi connectivity index (χ3v) is 7.07. The highest BCUT2D eigenvalue weighted by Crippen LogP contribution is 2.39. The van der Waals surface area contributed by atoms with Gasteiger partial charge in [0.1, 0.15) is 11.6 Å². The molecule has 1 saturated carbocycles. The van der Waals surface area contributed by atoms with Crippen molar-refractivity contribution in [3.8, 4) is 0 Å². The molecule has 160 valence electrons. The van der Waals surface area contributed by atoms with Gasteiger partial charge in [0, 0.05) is 49.8 Å². The predicted octanol–water partition coefficient (Wildman–Crippen LogP) is 4.59. The molecule has 1 aromatic carbocycles. The second-order valence-electron chi connectivity index (χ2n) is 8.67. The van der Waals surface area contributed by atoms with E-state index in [0.29, 0.717) is 5.92 Å². The molecule has 2 aromatic heterocycles. The Kier molecular flexibility index (Phi) is 5.48. The van der Waals surface area contributed by atoms with Gasteiger partial charge in [0.2, 0.25) is 0 Å². The van der Waals surface area contributed by atoms with Gasteiger partial charge in [-0.3, -0.25) is 4.79 Å². The number of aromatic nitrogens is 2. The average Bonchev–Trinajstić information content (AvgIpc) is 3.48. The summed E-state index contributed by atoms with van der Waals surface area (Å²) in [5.74, 6) is 2.73. The number of carbonyl (C=O) groups is 1. The summed E-state index contributed by atoms with van der Waals surface area (Å²) in [5, 5.41) is 1.96. The number of nitrogens with zero attached hydrogens (tertiary/aromatic N) is 4. The molecule has 5 nitrogen and oxygen atoms in total. The Hall–Kier alpha value is -2.73. The molecule has 2 fully saturated rings. The van der Waals surface area contributed by atoms with Crippen LogP contribution < -0.4 is 4.90 Å². The number of carbonyl (C=O) groups excluding carboxylic acids is 1. The van der Waals surface area contributed by atoms with Crippen molar-refractivity contribution in [3.05, 3.63) is 74.9 Å². The van der Waals surface area contributed by atoms with E-state index in [2.05, 4.69) is 43.0 Å². The largest absolute Gasteiger partial charge is 0.353 e. The van der Waals surface area contributed by atoms with Gasteiger partial charge in [-0.05, 0) is 43.7 Å². The molecule has 1 aliphatic heterocycles. The number of hydrogen-bond acceptors (Lipinski definition) is 5. The highest BCUT2D eigenvalue weighted by Gasteiger charge is 2.30. The molecule has 0 atom stereocenters. The minimum Gasteiger partial charge on any atom is -0.353 e. The zero-order valence-electron chi connectivity index (χ0n) is 18.2. The maximum atomic E-state index is 12.7. The molecule has 1 saturated heterocycles. The summed E-state index contributed by atoms with van der Waals surface area (Å²) in [6.45, 7) is 7.31. The van der Waals surface area contributed by atoms with Crippen LogP contribution in [0.2, 0.25) is 0 Å². The first-order chi connectivity index (χ1) is 15.1. The number of amides is 1. The van der Waals surface area contributed by atoms with Crippen molar-refractivity contribution in [2.75, 3.05) is 31.1 Å². The van der Waals surface area contributed by atoms with E-state index in [4.69, 9.17) is 9.97 Å². The molecule has 0 N–H and O–H groups in total. The van der Waals surface area contributed by atoms with Crippen molar-refractivity contribution in [2.45, 2.75) is 39.0 Å². The summed E-state index contributed by atoms with van der Waals surface area (Å²) in [5.41, 5.74) is 4.87. The normalized spacial score (nSPS) is 16.6. The molecule has 0 unspecified atom stereocenters. The van der Waals surface area contributed by atoms with Crippen LogP contribution in [-0.4, -0.2) is 47.0 Å². The van der Waals surface area contributed by atoms with E-state index in [0.717, 1.165) is 54.8 Å². The molecule has 1 amide bonds. The highest BCUT2D eigenvalue weighted by atomic mass is 32.1. The van der Waals surface area contributed by atoms with Crippen molar-refractivity contribution in [1.29, 1.82) is 0 Å². The highest BCUT2D eigenvalue weighted by molar-refractivity contribution is 7.12. The summed E-state index contributed by atoms with van der Waals surface area (Å²) in [6, 6.07) is 12.5. The van der Waals surface area contributed by atoms with E-state index in [1.165, 1.54) is 40.9 Å². The minimum atomic E-state index is 0.146. The number of aryl methyl sites for hydroxylation is 2. The van der Waals surface area contributed by atoms with Crippen molar-refractivity contribution >= 4 is 23.1 Å². The number of benzene rings is 1. The number of hydrogen-bond donors (Lipinski definition) is 0. The quantitative estimate of drug-likeness (QED) is 0.592. The first kappa shape index (κ1) is 20.2. The first-order valence-electron chi connectivity index (χ1n) is 11.1. The Morgan fingerprint density at radius 2 is 1.87 bits per heavy atom. The fourth-order valence-corrected chi connectivity index (χ4v) is 4.99. The minimum absolute atomic E-state index is 0.146. The lowest BCUT2D eigenvalue weighted by molar-refractivity contribution is 0.0751. The van der Waals surface area contributed by atoms with Gasteiger partial charge >= 0.3 is 0 Å². The Bertz CT molecular complexity index is 1080. The van der Waals surface area contributed by atoms with Crippen molar-refractivity contribution in [2.24, 2.45) is 0 Å². The Morgan fingerprint density at radius 3 is 2.55 bits per heavy atom. The maximum Gasteiger partial charge on any atom is 0.264 e. The molecule has 0 spiro atoms. The fourth-order valence-electron chi connectivity index (χ4n) is 4.30. The topological polar surface area (TPSA) is 49.3 Å². The van der Waals surface area contributed by atoms with E-state index in [-0.39, 0.29) is 5.91 Å². The third-order valence-electron chi connectivity index (χ3n) is 6.21. The van der Waals surface area contributed by atoms with Gasteiger partial charge in [-0.1, -0.05) is 35.9 Å². The molecule has 0 bridgehead atoms. The second-order valence-corrected chi connectivity index (χ2v) is 9.61. The Morgan fingerprint density at radius 1 is 1.06 bits per heavy atom. The van der Waals surface area contributed by atoms with E-state index in [9.17, 15) is 4.79 Å². The van der Waals surface area contributed by atoms with Crippen LogP contribution in [-0.2, 0) is 6.42 Å². The van der Waals surface area contributed by atoms with Crippen molar-refractivity contribution < 1.29 is 4.79 Å². The van der Waals surface area contributed by atoms with E-state index in [1.807, 2.05) is 22.4 Å². The van der Waals surface area contributed by atoms with Gasteiger partial charge in [-0.25, -0.2) is 9.97 Å². The molecule has 31 heavy (non-hydrogen) atoms. The lowest BCUT2D eigenvalue weighted by Crippen LogP contribution is -2.49. The summed E-state index contributed by atoms with van der Waals surface area (Å²) < 4.78 is 0. The second kappa shape index (κ2) is 8.42. The van der Waals surface area contributed by atoms with Crippen molar-refractivity contribution in [1.82, 2.24) is 14.9 Å². The monoisotopic (exact) mass is 432 g/mol. The van der Waals surface area contributed by atoms with Crippen LogP contribution in [0.3, 0.4) is 0 Å². The molecule has 6 heteroatoms. The SMILES string of the molecule is Cc1cccc(Cc2c(C)nc(C3CC3)nc2N2CCN(C(=O)c3cccs3)CC2)c1. The summed E-state index contributed by atoms with van der Waals surface area (Å²) >= 11 is 1.52. The third kappa shape index (κ3) is 4.35. The van der Waals surface area contributed by atoms with Crippen LogP contribution in [0.5, 0.6) is 0 Å². The molecule has 2 aliphatic rings. The lowest BCUT2D eigenvalue weighted by Gasteiger charge is -2.36. The van der Waals surface area contributed by atoms with Crippen LogP contribution in [0, 0.1) is 13.8 Å². The van der Waals surface area contributed by atoms with Crippen molar-refractivity contribution in [3.63, 3.8) is 0 Å².